The fourth-order valence-electron chi connectivity index (χ4n) is 3.06. The molecule has 4 unspecified atom stereocenters. The van der Waals surface area contributed by atoms with Gasteiger partial charge < -0.3 is 10.6 Å². The molecule has 0 bridgehead atoms. The van der Waals surface area contributed by atoms with Crippen molar-refractivity contribution in [3.8, 4) is 0 Å². The van der Waals surface area contributed by atoms with E-state index in [4.69, 9.17) is 5.73 Å². The molecule has 1 saturated carbocycles. The lowest BCUT2D eigenvalue weighted by Gasteiger charge is -2.40. The van der Waals surface area contributed by atoms with Gasteiger partial charge in [0.15, 0.2) is 0 Å². The van der Waals surface area contributed by atoms with Gasteiger partial charge in [-0.2, -0.15) is 0 Å². The minimum Gasteiger partial charge on any atom is -0.327 e. The lowest BCUT2D eigenvalue weighted by atomic mass is 9.72. The first kappa shape index (κ1) is 13.0. The summed E-state index contributed by atoms with van der Waals surface area (Å²) in [7, 11) is 0. The van der Waals surface area contributed by atoms with Crippen LogP contribution in [0.25, 0.3) is 0 Å². The molecule has 1 aliphatic carbocycles. The molecule has 0 aliphatic heterocycles. The van der Waals surface area contributed by atoms with Crippen LogP contribution in [0.4, 0.5) is 0 Å². The summed E-state index contributed by atoms with van der Waals surface area (Å²) in [5.74, 6) is 2.33. The molecule has 1 rings (SSSR count). The summed E-state index contributed by atoms with van der Waals surface area (Å²) in [6.45, 7) is 12.7. The molecule has 0 heterocycles. The molecular weight excluding hydrogens is 184 g/mol. The van der Waals surface area contributed by atoms with Crippen LogP contribution in [0.1, 0.15) is 40.5 Å². The second kappa shape index (κ2) is 5.86. The second-order valence-corrected chi connectivity index (χ2v) is 5.37. The summed E-state index contributed by atoms with van der Waals surface area (Å²) in [4.78, 5) is 2.51. The molecule has 2 nitrogen and oxygen atoms in total. The summed E-state index contributed by atoms with van der Waals surface area (Å²) < 4.78 is 0. The molecule has 0 amide bonds. The molecule has 0 aromatic carbocycles. The highest BCUT2D eigenvalue weighted by Crippen LogP contribution is 2.33. The molecule has 4 atom stereocenters. The average Bonchev–Trinajstić information content (AvgIpc) is 2.17. The Labute approximate surface area is 95.2 Å². The maximum absolute atomic E-state index is 6.29. The van der Waals surface area contributed by atoms with Crippen LogP contribution >= 0.6 is 0 Å². The van der Waals surface area contributed by atoms with Crippen LogP contribution in [0.3, 0.4) is 0 Å². The van der Waals surface area contributed by atoms with Gasteiger partial charge in [0, 0.05) is 12.6 Å². The Hall–Kier alpha value is -0.0800. The predicted octanol–water partition coefficient (Wildman–Crippen LogP) is 2.34. The Kier molecular flexibility index (Phi) is 5.07. The standard InChI is InChI=1S/C13H28N2/c1-5-15(6-2)9-12-11(4)7-10(3)8-13(12)14/h10-13H,5-9,14H2,1-4H3. The van der Waals surface area contributed by atoms with Crippen LogP contribution < -0.4 is 5.73 Å². The summed E-state index contributed by atoms with van der Waals surface area (Å²) >= 11 is 0. The summed E-state index contributed by atoms with van der Waals surface area (Å²) in [6.07, 6.45) is 2.58. The van der Waals surface area contributed by atoms with E-state index in [-0.39, 0.29) is 0 Å². The summed E-state index contributed by atoms with van der Waals surface area (Å²) in [5.41, 5.74) is 6.29. The quantitative estimate of drug-likeness (QED) is 0.775. The van der Waals surface area contributed by atoms with Crippen LogP contribution in [0.5, 0.6) is 0 Å². The smallest absolute Gasteiger partial charge is 0.00844 e. The normalized spacial score (nSPS) is 37.2. The van der Waals surface area contributed by atoms with E-state index < -0.39 is 0 Å². The van der Waals surface area contributed by atoms with Crippen molar-refractivity contribution in [3.05, 3.63) is 0 Å². The topological polar surface area (TPSA) is 29.3 Å². The Morgan fingerprint density at radius 1 is 1.13 bits per heavy atom. The summed E-state index contributed by atoms with van der Waals surface area (Å²) in [6, 6.07) is 0.421. The molecule has 0 spiro atoms. The molecule has 0 aromatic heterocycles. The highest BCUT2D eigenvalue weighted by molar-refractivity contribution is 4.87. The molecule has 15 heavy (non-hydrogen) atoms. The highest BCUT2D eigenvalue weighted by Gasteiger charge is 2.32. The zero-order valence-corrected chi connectivity index (χ0v) is 10.9. The first-order valence-corrected chi connectivity index (χ1v) is 6.56. The third-order valence-corrected chi connectivity index (χ3v) is 4.09. The Morgan fingerprint density at radius 2 is 1.73 bits per heavy atom. The van der Waals surface area contributed by atoms with Crippen LogP contribution in [0.2, 0.25) is 0 Å². The Balaban J connectivity index is 2.51. The van der Waals surface area contributed by atoms with Crippen molar-refractivity contribution >= 4 is 0 Å². The van der Waals surface area contributed by atoms with E-state index in [0.717, 1.165) is 24.9 Å². The molecule has 0 aromatic rings. The average molecular weight is 212 g/mol. The highest BCUT2D eigenvalue weighted by atomic mass is 15.1. The van der Waals surface area contributed by atoms with E-state index in [1.54, 1.807) is 0 Å². The first-order valence-electron chi connectivity index (χ1n) is 6.56. The number of hydrogen-bond donors (Lipinski definition) is 1. The van der Waals surface area contributed by atoms with Crippen LogP contribution in [-0.2, 0) is 0 Å². The maximum atomic E-state index is 6.29. The van der Waals surface area contributed by atoms with E-state index in [1.807, 2.05) is 0 Å². The van der Waals surface area contributed by atoms with Gasteiger partial charge in [0.2, 0.25) is 0 Å². The second-order valence-electron chi connectivity index (χ2n) is 5.37. The number of rotatable bonds is 4. The fraction of sp³-hybridized carbons (Fsp3) is 1.00. The van der Waals surface area contributed by atoms with E-state index in [0.29, 0.717) is 12.0 Å². The van der Waals surface area contributed by atoms with Gasteiger partial charge in [-0.3, -0.25) is 0 Å². The molecule has 0 saturated heterocycles. The number of nitrogens with zero attached hydrogens (tertiary/aromatic N) is 1. The van der Waals surface area contributed by atoms with Crippen molar-refractivity contribution in [1.29, 1.82) is 0 Å². The van der Waals surface area contributed by atoms with Crippen molar-refractivity contribution in [2.45, 2.75) is 46.6 Å². The van der Waals surface area contributed by atoms with E-state index >= 15 is 0 Å². The summed E-state index contributed by atoms with van der Waals surface area (Å²) in [5, 5.41) is 0. The third-order valence-electron chi connectivity index (χ3n) is 4.09. The van der Waals surface area contributed by atoms with Crippen LogP contribution in [-0.4, -0.2) is 30.6 Å². The van der Waals surface area contributed by atoms with Crippen molar-refractivity contribution in [3.63, 3.8) is 0 Å². The van der Waals surface area contributed by atoms with Gasteiger partial charge in [-0.25, -0.2) is 0 Å². The largest absolute Gasteiger partial charge is 0.327 e. The van der Waals surface area contributed by atoms with Crippen LogP contribution in [0.15, 0.2) is 0 Å². The molecular formula is C13H28N2. The van der Waals surface area contributed by atoms with Gasteiger partial charge in [-0.15, -0.1) is 0 Å². The predicted molar refractivity (Wildman–Crippen MR) is 66.8 cm³/mol. The maximum Gasteiger partial charge on any atom is 0.00844 e. The van der Waals surface area contributed by atoms with Gasteiger partial charge in [0.1, 0.15) is 0 Å². The van der Waals surface area contributed by atoms with Gasteiger partial charge in [-0.05, 0) is 43.7 Å². The molecule has 0 radical (unpaired) electrons. The number of nitrogens with two attached hydrogens (primary N) is 1. The van der Waals surface area contributed by atoms with Crippen molar-refractivity contribution in [2.24, 2.45) is 23.5 Å². The van der Waals surface area contributed by atoms with Crippen molar-refractivity contribution in [1.82, 2.24) is 4.90 Å². The van der Waals surface area contributed by atoms with Crippen LogP contribution in [0, 0.1) is 17.8 Å². The monoisotopic (exact) mass is 212 g/mol. The fourth-order valence-corrected chi connectivity index (χ4v) is 3.06. The van der Waals surface area contributed by atoms with Gasteiger partial charge in [0.05, 0.1) is 0 Å². The molecule has 1 aliphatic rings. The minimum absolute atomic E-state index is 0.421. The van der Waals surface area contributed by atoms with Gasteiger partial charge in [-0.1, -0.05) is 27.7 Å². The van der Waals surface area contributed by atoms with E-state index in [2.05, 4.69) is 32.6 Å². The molecule has 2 heteroatoms. The first-order chi connectivity index (χ1) is 7.08. The molecule has 90 valence electrons. The Morgan fingerprint density at radius 3 is 2.20 bits per heavy atom. The SMILES string of the molecule is CCN(CC)CC1C(C)CC(C)CC1N. The van der Waals surface area contributed by atoms with E-state index in [1.165, 1.54) is 19.4 Å². The van der Waals surface area contributed by atoms with Crippen molar-refractivity contribution in [2.75, 3.05) is 19.6 Å². The zero-order chi connectivity index (χ0) is 11.4. The molecule has 1 fully saturated rings. The minimum atomic E-state index is 0.421. The zero-order valence-electron chi connectivity index (χ0n) is 10.9. The third kappa shape index (κ3) is 3.46. The van der Waals surface area contributed by atoms with Crippen molar-refractivity contribution < 1.29 is 0 Å². The Bertz CT molecular complexity index is 165. The molecule has 2 N–H and O–H groups in total. The lowest BCUT2D eigenvalue weighted by Crippen LogP contribution is -2.46. The lowest BCUT2D eigenvalue weighted by molar-refractivity contribution is 0.123. The van der Waals surface area contributed by atoms with Gasteiger partial charge >= 0.3 is 0 Å². The number of hydrogen-bond acceptors (Lipinski definition) is 2. The van der Waals surface area contributed by atoms with Gasteiger partial charge in [0.25, 0.3) is 0 Å². The van der Waals surface area contributed by atoms with E-state index in [9.17, 15) is 0 Å².